The second-order valence-electron chi connectivity index (χ2n) is 8.57. The van der Waals surface area contributed by atoms with Crippen LogP contribution in [0, 0.1) is 0 Å². The van der Waals surface area contributed by atoms with Crippen LogP contribution in [0.2, 0.25) is 5.02 Å². The molecule has 1 atom stereocenters. The molecule has 2 aromatic rings. The number of halogens is 1. The van der Waals surface area contributed by atoms with Crippen LogP contribution in [0.15, 0.2) is 35.7 Å². The van der Waals surface area contributed by atoms with E-state index in [4.69, 9.17) is 11.6 Å². The minimum absolute atomic E-state index is 0.0484. The Hall–Kier alpha value is -2.42. The van der Waals surface area contributed by atoms with Crippen molar-refractivity contribution in [3.05, 3.63) is 56.7 Å². The van der Waals surface area contributed by atoms with Gasteiger partial charge < -0.3 is 10.6 Å². The van der Waals surface area contributed by atoms with Gasteiger partial charge in [0.2, 0.25) is 5.91 Å². The highest BCUT2D eigenvalue weighted by Gasteiger charge is 2.49. The fourth-order valence-electron chi connectivity index (χ4n) is 4.64. The summed E-state index contributed by atoms with van der Waals surface area (Å²) in [6.45, 7) is 5.51. The van der Waals surface area contributed by atoms with Gasteiger partial charge in [-0.05, 0) is 54.0 Å². The van der Waals surface area contributed by atoms with Gasteiger partial charge in [0.25, 0.3) is 5.91 Å². The molecular formula is C24H29ClN4O3S. The molecule has 3 heterocycles. The van der Waals surface area contributed by atoms with Crippen molar-refractivity contribution in [2.75, 3.05) is 19.6 Å². The summed E-state index contributed by atoms with van der Waals surface area (Å²) in [7, 11) is 0. The number of hydrogen-bond donors (Lipinski definition) is 2. The maximum atomic E-state index is 12.8. The molecule has 2 aliphatic heterocycles. The van der Waals surface area contributed by atoms with E-state index in [1.807, 2.05) is 38.1 Å². The molecular weight excluding hydrogens is 460 g/mol. The summed E-state index contributed by atoms with van der Waals surface area (Å²) in [6.07, 6.45) is 1.96. The van der Waals surface area contributed by atoms with E-state index >= 15 is 0 Å². The van der Waals surface area contributed by atoms with Gasteiger partial charge in [0.1, 0.15) is 12.1 Å². The zero-order chi connectivity index (χ0) is 23.6. The van der Waals surface area contributed by atoms with Crippen molar-refractivity contribution in [1.82, 2.24) is 20.4 Å². The SMILES string of the molecule is CCC1(CC)NC(=O)N(CC(=O)NCC(c2ccc(Cl)cc2)N2CCc3sccc3C2)C1=O. The van der Waals surface area contributed by atoms with Crippen LogP contribution in [0.1, 0.15) is 48.7 Å². The minimum atomic E-state index is -0.907. The molecule has 2 aliphatic rings. The molecule has 1 aromatic heterocycles. The van der Waals surface area contributed by atoms with Gasteiger partial charge in [-0.1, -0.05) is 37.6 Å². The van der Waals surface area contributed by atoms with Crippen molar-refractivity contribution < 1.29 is 14.4 Å². The Morgan fingerprint density at radius 3 is 2.61 bits per heavy atom. The zero-order valence-corrected chi connectivity index (χ0v) is 20.5. The lowest BCUT2D eigenvalue weighted by Gasteiger charge is -2.35. The van der Waals surface area contributed by atoms with Crippen molar-refractivity contribution in [2.45, 2.75) is 51.2 Å². The van der Waals surface area contributed by atoms with Crippen LogP contribution in [0.4, 0.5) is 4.79 Å². The summed E-state index contributed by atoms with van der Waals surface area (Å²) in [4.78, 5) is 42.8. The molecule has 4 amide bonds. The van der Waals surface area contributed by atoms with E-state index in [2.05, 4.69) is 27.0 Å². The van der Waals surface area contributed by atoms with Crippen LogP contribution in [0.5, 0.6) is 0 Å². The van der Waals surface area contributed by atoms with Gasteiger partial charge in [-0.3, -0.25) is 19.4 Å². The number of carbonyl (C=O) groups excluding carboxylic acids is 3. The van der Waals surface area contributed by atoms with Gasteiger partial charge in [0.15, 0.2) is 0 Å². The molecule has 2 N–H and O–H groups in total. The smallest absolute Gasteiger partial charge is 0.325 e. The third-order valence-electron chi connectivity index (χ3n) is 6.78. The largest absolute Gasteiger partial charge is 0.353 e. The summed E-state index contributed by atoms with van der Waals surface area (Å²) >= 11 is 7.88. The highest BCUT2D eigenvalue weighted by atomic mass is 35.5. The average molecular weight is 489 g/mol. The Labute approximate surface area is 203 Å². The first-order valence-electron chi connectivity index (χ1n) is 11.3. The maximum absolute atomic E-state index is 12.8. The number of benzene rings is 1. The number of carbonyl (C=O) groups is 3. The fourth-order valence-corrected chi connectivity index (χ4v) is 5.65. The second kappa shape index (κ2) is 9.83. The predicted molar refractivity (Wildman–Crippen MR) is 129 cm³/mol. The second-order valence-corrected chi connectivity index (χ2v) is 10.0. The quantitative estimate of drug-likeness (QED) is 0.555. The third kappa shape index (κ3) is 4.78. The van der Waals surface area contributed by atoms with Gasteiger partial charge in [-0.2, -0.15) is 0 Å². The lowest BCUT2D eigenvalue weighted by molar-refractivity contribution is -0.135. The molecule has 7 nitrogen and oxygen atoms in total. The lowest BCUT2D eigenvalue weighted by atomic mass is 9.93. The van der Waals surface area contributed by atoms with Crippen molar-refractivity contribution in [1.29, 1.82) is 0 Å². The summed E-state index contributed by atoms with van der Waals surface area (Å²) in [6, 6.07) is 9.28. The number of rotatable bonds is 8. The summed E-state index contributed by atoms with van der Waals surface area (Å²) in [5.41, 5.74) is 1.48. The topological polar surface area (TPSA) is 81.8 Å². The van der Waals surface area contributed by atoms with Gasteiger partial charge in [-0.15, -0.1) is 11.3 Å². The average Bonchev–Trinajstić information content (AvgIpc) is 3.38. The van der Waals surface area contributed by atoms with E-state index < -0.39 is 11.6 Å². The summed E-state index contributed by atoms with van der Waals surface area (Å²) < 4.78 is 0. The normalized spacial score (nSPS) is 18.7. The van der Waals surface area contributed by atoms with Crippen molar-refractivity contribution in [2.24, 2.45) is 0 Å². The Kier molecular flexibility index (Phi) is 7.07. The van der Waals surface area contributed by atoms with E-state index in [1.54, 1.807) is 11.3 Å². The molecule has 0 saturated carbocycles. The van der Waals surface area contributed by atoms with Gasteiger partial charge in [0, 0.05) is 29.5 Å². The molecule has 1 fully saturated rings. The van der Waals surface area contributed by atoms with Crippen LogP contribution >= 0.6 is 22.9 Å². The highest BCUT2D eigenvalue weighted by Crippen LogP contribution is 2.31. The van der Waals surface area contributed by atoms with E-state index in [1.165, 1.54) is 10.4 Å². The molecule has 9 heteroatoms. The molecule has 0 spiro atoms. The van der Waals surface area contributed by atoms with Gasteiger partial charge in [0.05, 0.1) is 6.04 Å². The van der Waals surface area contributed by atoms with Crippen molar-refractivity contribution >= 4 is 40.8 Å². The number of urea groups is 1. The van der Waals surface area contributed by atoms with Crippen molar-refractivity contribution in [3.63, 3.8) is 0 Å². The van der Waals surface area contributed by atoms with Gasteiger partial charge >= 0.3 is 6.03 Å². The molecule has 0 bridgehead atoms. The molecule has 1 saturated heterocycles. The van der Waals surface area contributed by atoms with E-state index in [9.17, 15) is 14.4 Å². The van der Waals surface area contributed by atoms with Crippen LogP contribution < -0.4 is 10.6 Å². The number of nitrogens with zero attached hydrogens (tertiary/aromatic N) is 2. The summed E-state index contributed by atoms with van der Waals surface area (Å²) in [5, 5.41) is 8.51. The Morgan fingerprint density at radius 2 is 1.94 bits per heavy atom. The first kappa shape index (κ1) is 23.7. The number of imide groups is 1. The number of hydrogen-bond acceptors (Lipinski definition) is 5. The van der Waals surface area contributed by atoms with Crippen LogP contribution in [-0.2, 0) is 22.6 Å². The third-order valence-corrected chi connectivity index (χ3v) is 8.06. The van der Waals surface area contributed by atoms with E-state index in [0.29, 0.717) is 24.4 Å². The number of thiophene rings is 1. The molecule has 33 heavy (non-hydrogen) atoms. The van der Waals surface area contributed by atoms with Crippen LogP contribution in [0.25, 0.3) is 0 Å². The Morgan fingerprint density at radius 1 is 1.21 bits per heavy atom. The molecule has 176 valence electrons. The fraction of sp³-hybridized carbons (Fsp3) is 0.458. The molecule has 1 aromatic carbocycles. The molecule has 4 rings (SSSR count). The first-order chi connectivity index (χ1) is 15.9. The Bertz CT molecular complexity index is 1030. The van der Waals surface area contributed by atoms with E-state index in [0.717, 1.165) is 30.0 Å². The van der Waals surface area contributed by atoms with Crippen LogP contribution in [-0.4, -0.2) is 52.8 Å². The molecule has 0 aliphatic carbocycles. The monoisotopic (exact) mass is 488 g/mol. The lowest BCUT2D eigenvalue weighted by Crippen LogP contribution is -2.47. The first-order valence-corrected chi connectivity index (χ1v) is 12.6. The maximum Gasteiger partial charge on any atom is 0.325 e. The molecule has 1 unspecified atom stereocenters. The van der Waals surface area contributed by atoms with Gasteiger partial charge in [-0.25, -0.2) is 4.79 Å². The molecule has 0 radical (unpaired) electrons. The van der Waals surface area contributed by atoms with E-state index in [-0.39, 0.29) is 24.4 Å². The highest BCUT2D eigenvalue weighted by molar-refractivity contribution is 7.10. The van der Waals surface area contributed by atoms with Crippen LogP contribution in [0.3, 0.4) is 0 Å². The zero-order valence-electron chi connectivity index (χ0n) is 18.9. The number of fused-ring (bicyclic) bond motifs is 1. The summed E-state index contributed by atoms with van der Waals surface area (Å²) in [5.74, 6) is -0.684. The number of nitrogens with one attached hydrogen (secondary N) is 2. The Balaban J connectivity index is 1.45. The number of amides is 4. The minimum Gasteiger partial charge on any atom is -0.353 e. The van der Waals surface area contributed by atoms with Crippen molar-refractivity contribution in [3.8, 4) is 0 Å². The standard InChI is InChI=1S/C24H29ClN4O3S/c1-3-24(4-2)22(31)29(23(32)27-24)15-21(30)26-13-19(16-5-7-18(25)8-6-16)28-11-9-20-17(14-28)10-12-33-20/h5-8,10,12,19H,3-4,9,11,13-15H2,1-2H3,(H,26,30)(H,27,32). The predicted octanol–water partition coefficient (Wildman–Crippen LogP) is 3.73.